The van der Waals surface area contributed by atoms with E-state index in [9.17, 15) is 0 Å². The summed E-state index contributed by atoms with van der Waals surface area (Å²) < 4.78 is 0. The molecule has 0 heterocycles. The molecule has 0 rings (SSSR count). The molecule has 0 aliphatic carbocycles. The van der Waals surface area contributed by atoms with Crippen molar-refractivity contribution in [2.75, 3.05) is 20.1 Å². The van der Waals surface area contributed by atoms with Crippen molar-refractivity contribution in [1.29, 1.82) is 0 Å². The number of nitrogens with zero attached hydrogens (tertiary/aromatic N) is 1. The number of likely N-dealkylation sites (N-methyl/N-ethyl adjacent to an activating group) is 1. The third-order valence-electron chi connectivity index (χ3n) is 1.92. The maximum Gasteiger partial charge on any atom is 0.0191 e. The molecule has 62 valence electrons. The maximum absolute atomic E-state index is 5.85. The summed E-state index contributed by atoms with van der Waals surface area (Å²) in [5, 5.41) is 0. The minimum atomic E-state index is 0.324. The Hall–Kier alpha value is -0.0800. The lowest BCUT2D eigenvalue weighted by atomic mass is 10.1. The SMILES string of the molecule is CCN(C)CC(N)C(C)C. The van der Waals surface area contributed by atoms with Gasteiger partial charge in [-0.1, -0.05) is 20.8 Å². The van der Waals surface area contributed by atoms with Gasteiger partial charge >= 0.3 is 0 Å². The number of rotatable bonds is 4. The zero-order chi connectivity index (χ0) is 8.15. The molecule has 0 spiro atoms. The number of hydrogen-bond acceptors (Lipinski definition) is 2. The molecule has 2 N–H and O–H groups in total. The largest absolute Gasteiger partial charge is 0.326 e. The van der Waals surface area contributed by atoms with Crippen molar-refractivity contribution in [3.05, 3.63) is 0 Å². The van der Waals surface area contributed by atoms with Crippen molar-refractivity contribution in [2.24, 2.45) is 11.7 Å². The molecular weight excluding hydrogens is 124 g/mol. The minimum Gasteiger partial charge on any atom is -0.326 e. The summed E-state index contributed by atoms with van der Waals surface area (Å²) in [4.78, 5) is 2.24. The maximum atomic E-state index is 5.85. The first kappa shape index (κ1) is 9.92. The van der Waals surface area contributed by atoms with E-state index in [-0.39, 0.29) is 0 Å². The van der Waals surface area contributed by atoms with E-state index < -0.39 is 0 Å². The first-order valence-corrected chi connectivity index (χ1v) is 4.02. The van der Waals surface area contributed by atoms with Crippen LogP contribution in [0.15, 0.2) is 0 Å². The van der Waals surface area contributed by atoms with Gasteiger partial charge in [-0.25, -0.2) is 0 Å². The molecule has 0 aromatic carbocycles. The van der Waals surface area contributed by atoms with E-state index in [1.54, 1.807) is 0 Å². The Morgan fingerprint density at radius 3 is 2.20 bits per heavy atom. The van der Waals surface area contributed by atoms with Gasteiger partial charge in [0.05, 0.1) is 0 Å². The zero-order valence-corrected chi connectivity index (χ0v) is 7.59. The summed E-state index contributed by atoms with van der Waals surface area (Å²) >= 11 is 0. The van der Waals surface area contributed by atoms with Gasteiger partial charge in [-0.2, -0.15) is 0 Å². The molecule has 0 aliphatic heterocycles. The first-order chi connectivity index (χ1) is 4.57. The lowest BCUT2D eigenvalue weighted by Gasteiger charge is -2.21. The fourth-order valence-corrected chi connectivity index (χ4v) is 0.700. The van der Waals surface area contributed by atoms with Crippen LogP contribution in [-0.4, -0.2) is 31.1 Å². The first-order valence-electron chi connectivity index (χ1n) is 4.02. The molecule has 0 saturated heterocycles. The zero-order valence-electron chi connectivity index (χ0n) is 7.59. The lowest BCUT2D eigenvalue weighted by Crippen LogP contribution is -2.38. The highest BCUT2D eigenvalue weighted by atomic mass is 15.1. The van der Waals surface area contributed by atoms with E-state index in [0.717, 1.165) is 13.1 Å². The van der Waals surface area contributed by atoms with Gasteiger partial charge in [0.1, 0.15) is 0 Å². The highest BCUT2D eigenvalue weighted by Crippen LogP contribution is 1.99. The Labute approximate surface area is 64.4 Å². The smallest absolute Gasteiger partial charge is 0.0191 e. The second-order valence-corrected chi connectivity index (χ2v) is 3.26. The highest BCUT2D eigenvalue weighted by Gasteiger charge is 2.08. The Balaban J connectivity index is 3.46. The summed E-state index contributed by atoms with van der Waals surface area (Å²) in [7, 11) is 2.10. The second kappa shape index (κ2) is 4.69. The predicted octanol–water partition coefficient (Wildman–Crippen LogP) is 0.921. The van der Waals surface area contributed by atoms with E-state index in [1.807, 2.05) is 0 Å². The number of nitrogens with two attached hydrogens (primary N) is 1. The summed E-state index contributed by atoms with van der Waals surface area (Å²) in [6, 6.07) is 0.324. The monoisotopic (exact) mass is 144 g/mol. The standard InChI is InChI=1S/C8H20N2/c1-5-10(4)6-8(9)7(2)3/h7-8H,5-6,9H2,1-4H3. The topological polar surface area (TPSA) is 29.3 Å². The Kier molecular flexibility index (Phi) is 4.65. The van der Waals surface area contributed by atoms with Crippen LogP contribution in [0.4, 0.5) is 0 Å². The lowest BCUT2D eigenvalue weighted by molar-refractivity contribution is 0.295. The normalized spacial score (nSPS) is 14.7. The van der Waals surface area contributed by atoms with Crippen molar-refractivity contribution < 1.29 is 0 Å². The fraction of sp³-hybridized carbons (Fsp3) is 1.00. The molecule has 0 aromatic rings. The molecular formula is C8H20N2. The predicted molar refractivity (Wildman–Crippen MR) is 46.0 cm³/mol. The van der Waals surface area contributed by atoms with Crippen LogP contribution in [0.25, 0.3) is 0 Å². The van der Waals surface area contributed by atoms with Crippen molar-refractivity contribution in [2.45, 2.75) is 26.8 Å². The van der Waals surface area contributed by atoms with Crippen LogP contribution in [0, 0.1) is 5.92 Å². The molecule has 0 radical (unpaired) electrons. The average molecular weight is 144 g/mol. The average Bonchev–Trinajstić information content (AvgIpc) is 1.87. The molecule has 0 aliphatic rings. The van der Waals surface area contributed by atoms with Gasteiger partial charge in [0.15, 0.2) is 0 Å². The Morgan fingerprint density at radius 1 is 1.40 bits per heavy atom. The fourth-order valence-electron chi connectivity index (χ4n) is 0.700. The van der Waals surface area contributed by atoms with Crippen LogP contribution < -0.4 is 5.73 Å². The third-order valence-corrected chi connectivity index (χ3v) is 1.92. The van der Waals surface area contributed by atoms with Crippen LogP contribution in [0.5, 0.6) is 0 Å². The van der Waals surface area contributed by atoms with Crippen molar-refractivity contribution in [1.82, 2.24) is 4.90 Å². The van der Waals surface area contributed by atoms with Crippen LogP contribution in [-0.2, 0) is 0 Å². The van der Waals surface area contributed by atoms with Crippen LogP contribution in [0.3, 0.4) is 0 Å². The third kappa shape index (κ3) is 3.85. The van der Waals surface area contributed by atoms with Crippen LogP contribution in [0.1, 0.15) is 20.8 Å². The molecule has 0 amide bonds. The molecule has 2 heteroatoms. The molecule has 0 saturated carbocycles. The molecule has 0 fully saturated rings. The van der Waals surface area contributed by atoms with E-state index in [1.165, 1.54) is 0 Å². The van der Waals surface area contributed by atoms with Gasteiger partial charge in [-0.3, -0.25) is 0 Å². The van der Waals surface area contributed by atoms with E-state index in [0.29, 0.717) is 12.0 Å². The van der Waals surface area contributed by atoms with Crippen LogP contribution in [0.2, 0.25) is 0 Å². The molecule has 1 unspecified atom stereocenters. The Morgan fingerprint density at radius 2 is 1.90 bits per heavy atom. The van der Waals surface area contributed by atoms with E-state index in [2.05, 4.69) is 32.7 Å². The van der Waals surface area contributed by atoms with Gasteiger partial charge in [0.2, 0.25) is 0 Å². The van der Waals surface area contributed by atoms with Crippen molar-refractivity contribution in [3.63, 3.8) is 0 Å². The van der Waals surface area contributed by atoms with Gasteiger partial charge in [0, 0.05) is 12.6 Å². The number of hydrogen-bond donors (Lipinski definition) is 1. The van der Waals surface area contributed by atoms with E-state index in [4.69, 9.17) is 5.73 Å². The Bertz CT molecular complexity index is 81.3. The molecule has 1 atom stereocenters. The van der Waals surface area contributed by atoms with Crippen LogP contribution >= 0.6 is 0 Å². The second-order valence-electron chi connectivity index (χ2n) is 3.26. The molecule has 2 nitrogen and oxygen atoms in total. The molecule has 0 bridgehead atoms. The summed E-state index contributed by atoms with van der Waals surface area (Å²) in [5.41, 5.74) is 5.85. The van der Waals surface area contributed by atoms with Crippen molar-refractivity contribution >= 4 is 0 Å². The van der Waals surface area contributed by atoms with Gasteiger partial charge in [0.25, 0.3) is 0 Å². The summed E-state index contributed by atoms with van der Waals surface area (Å²) in [6.45, 7) is 8.56. The van der Waals surface area contributed by atoms with E-state index >= 15 is 0 Å². The minimum absolute atomic E-state index is 0.324. The van der Waals surface area contributed by atoms with Crippen molar-refractivity contribution in [3.8, 4) is 0 Å². The van der Waals surface area contributed by atoms with Gasteiger partial charge in [-0.05, 0) is 19.5 Å². The molecule has 0 aromatic heterocycles. The van der Waals surface area contributed by atoms with Gasteiger partial charge in [-0.15, -0.1) is 0 Å². The quantitative estimate of drug-likeness (QED) is 0.636. The molecule has 10 heavy (non-hydrogen) atoms. The highest BCUT2D eigenvalue weighted by molar-refractivity contribution is 4.68. The summed E-state index contributed by atoms with van der Waals surface area (Å²) in [6.07, 6.45) is 0. The van der Waals surface area contributed by atoms with Gasteiger partial charge < -0.3 is 10.6 Å². The summed E-state index contributed by atoms with van der Waals surface area (Å²) in [5.74, 6) is 0.592.